The monoisotopic (exact) mass is 422 g/mol. The van der Waals surface area contributed by atoms with Gasteiger partial charge in [-0.2, -0.15) is 0 Å². The van der Waals surface area contributed by atoms with Crippen molar-refractivity contribution in [1.29, 1.82) is 0 Å². The molecule has 2 aliphatic rings. The van der Waals surface area contributed by atoms with E-state index < -0.39 is 0 Å². The van der Waals surface area contributed by atoms with E-state index in [-0.39, 0.29) is 25.0 Å². The first-order chi connectivity index (χ1) is 13.2. The lowest BCUT2D eigenvalue weighted by Crippen LogP contribution is -2.36. The Morgan fingerprint density at radius 2 is 2.38 bits per heavy atom. The Hall–Kier alpha value is -1.44. The van der Waals surface area contributed by atoms with Crippen LogP contribution in [0.3, 0.4) is 0 Å². The molecule has 0 N–H and O–H groups in total. The molecular weight excluding hydrogens is 398 g/mol. The summed E-state index contributed by atoms with van der Waals surface area (Å²) < 4.78 is 22.8. The Kier molecular flexibility index (Phi) is 4.93. The standard InChI is InChI=1S/C19H24BrN3O3/c1-25-16-8-7-15(26-12-16)11-22-17-9-13(20)10-21-18(17)23(19(22)24)14-5-3-2-4-6-14/h5,9-10,15-16H,2-4,6-8,11-12H2,1H3/t15-,16-/m0/s1/i1D. The minimum absolute atomic E-state index is 0.0139. The number of halogens is 1. The molecule has 0 amide bonds. The van der Waals surface area contributed by atoms with Gasteiger partial charge in [0.05, 0.1) is 32.2 Å². The van der Waals surface area contributed by atoms with Crippen LogP contribution in [0.2, 0.25) is 0 Å². The van der Waals surface area contributed by atoms with E-state index in [1.807, 2.05) is 6.07 Å². The number of imidazole rings is 1. The average Bonchev–Trinajstić information content (AvgIpc) is 2.95. The van der Waals surface area contributed by atoms with Crippen molar-refractivity contribution in [2.24, 2.45) is 0 Å². The van der Waals surface area contributed by atoms with E-state index in [0.717, 1.165) is 47.8 Å². The van der Waals surface area contributed by atoms with Gasteiger partial charge in [0.2, 0.25) is 0 Å². The lowest BCUT2D eigenvalue weighted by Gasteiger charge is -2.28. The smallest absolute Gasteiger partial charge is 0.334 e. The average molecular weight is 423 g/mol. The molecule has 1 saturated heterocycles. The molecule has 4 rings (SSSR count). The highest BCUT2D eigenvalue weighted by Crippen LogP contribution is 2.26. The third-order valence-electron chi connectivity index (χ3n) is 5.24. The van der Waals surface area contributed by atoms with Crippen molar-refractivity contribution in [3.8, 4) is 0 Å². The van der Waals surface area contributed by atoms with Crippen LogP contribution >= 0.6 is 15.9 Å². The number of aromatic nitrogens is 3. The van der Waals surface area contributed by atoms with Crippen LogP contribution in [-0.2, 0) is 16.0 Å². The number of methoxy groups -OCH3 is 1. The molecule has 2 aromatic rings. The fraction of sp³-hybridized carbons (Fsp3) is 0.579. The number of nitrogens with zero attached hydrogens (tertiary/aromatic N) is 3. The molecule has 0 spiro atoms. The Balaban J connectivity index is 1.66. The second-order valence-corrected chi connectivity index (χ2v) is 7.90. The van der Waals surface area contributed by atoms with Gasteiger partial charge in [0, 0.05) is 23.5 Å². The molecule has 6 nitrogen and oxygen atoms in total. The van der Waals surface area contributed by atoms with Gasteiger partial charge in [-0.25, -0.2) is 14.3 Å². The Labute approximate surface area is 162 Å². The van der Waals surface area contributed by atoms with Crippen molar-refractivity contribution in [3.05, 3.63) is 33.3 Å². The highest BCUT2D eigenvalue weighted by molar-refractivity contribution is 9.10. The molecule has 3 heterocycles. The van der Waals surface area contributed by atoms with Crippen LogP contribution in [0.25, 0.3) is 16.9 Å². The molecule has 2 aromatic heterocycles. The molecule has 26 heavy (non-hydrogen) atoms. The van der Waals surface area contributed by atoms with Crippen molar-refractivity contribution in [2.45, 2.75) is 57.3 Å². The number of allylic oxidation sites excluding steroid dienone is 2. The van der Waals surface area contributed by atoms with Crippen molar-refractivity contribution in [3.63, 3.8) is 0 Å². The minimum atomic E-state index is -0.0446. The molecule has 0 saturated carbocycles. The van der Waals surface area contributed by atoms with Crippen LogP contribution in [0.15, 0.2) is 27.6 Å². The lowest BCUT2D eigenvalue weighted by molar-refractivity contribution is -0.0757. The van der Waals surface area contributed by atoms with Crippen molar-refractivity contribution >= 4 is 32.8 Å². The lowest BCUT2D eigenvalue weighted by atomic mass is 10.0. The van der Waals surface area contributed by atoms with Crippen LogP contribution in [0.4, 0.5) is 0 Å². The van der Waals surface area contributed by atoms with Crippen LogP contribution in [0, 0.1) is 0 Å². The van der Waals surface area contributed by atoms with Crippen molar-refractivity contribution < 1.29 is 10.8 Å². The van der Waals surface area contributed by atoms with E-state index in [1.165, 1.54) is 6.42 Å². The molecule has 1 aliphatic heterocycles. The fourth-order valence-corrected chi connectivity index (χ4v) is 4.15. The highest BCUT2D eigenvalue weighted by Gasteiger charge is 2.25. The predicted octanol–water partition coefficient (Wildman–Crippen LogP) is 3.57. The van der Waals surface area contributed by atoms with Crippen LogP contribution in [0.5, 0.6) is 0 Å². The van der Waals surface area contributed by atoms with E-state index in [4.69, 9.17) is 10.8 Å². The first kappa shape index (κ1) is 16.7. The predicted molar refractivity (Wildman–Crippen MR) is 104 cm³/mol. The van der Waals surface area contributed by atoms with Crippen LogP contribution in [-0.4, -0.2) is 40.0 Å². The van der Waals surface area contributed by atoms with Crippen molar-refractivity contribution in [2.75, 3.05) is 13.7 Å². The zero-order valence-corrected chi connectivity index (χ0v) is 16.3. The molecule has 7 heteroatoms. The molecule has 0 aromatic carbocycles. The number of hydrogen-bond donors (Lipinski definition) is 0. The Morgan fingerprint density at radius 3 is 3.12 bits per heavy atom. The van der Waals surface area contributed by atoms with Crippen molar-refractivity contribution in [1.82, 2.24) is 14.1 Å². The third kappa shape index (κ3) is 3.40. The molecule has 0 radical (unpaired) electrons. The summed E-state index contributed by atoms with van der Waals surface area (Å²) in [7, 11) is -0.0412. The maximum Gasteiger partial charge on any atom is 0.334 e. The highest BCUT2D eigenvalue weighted by atomic mass is 79.9. The van der Waals surface area contributed by atoms with E-state index in [1.54, 1.807) is 15.3 Å². The summed E-state index contributed by atoms with van der Waals surface area (Å²) in [6.45, 7) is 0.978. The zero-order valence-electron chi connectivity index (χ0n) is 15.7. The van der Waals surface area contributed by atoms with Gasteiger partial charge in [-0.15, -0.1) is 0 Å². The molecular formula is C19H24BrN3O3. The summed E-state index contributed by atoms with van der Waals surface area (Å²) in [6.07, 6.45) is 9.71. The second-order valence-electron chi connectivity index (χ2n) is 6.99. The third-order valence-corrected chi connectivity index (χ3v) is 5.68. The molecule has 2 atom stereocenters. The molecule has 1 fully saturated rings. The largest absolute Gasteiger partial charge is 0.379 e. The maximum atomic E-state index is 13.3. The quantitative estimate of drug-likeness (QED) is 0.755. The van der Waals surface area contributed by atoms with Gasteiger partial charge in [-0.3, -0.25) is 4.57 Å². The van der Waals surface area contributed by atoms with Gasteiger partial charge >= 0.3 is 5.69 Å². The van der Waals surface area contributed by atoms with E-state index in [0.29, 0.717) is 18.8 Å². The van der Waals surface area contributed by atoms with Gasteiger partial charge < -0.3 is 9.47 Å². The van der Waals surface area contributed by atoms with Gasteiger partial charge in [0.1, 0.15) is 0 Å². The number of ether oxygens (including phenoxy) is 2. The minimum Gasteiger partial charge on any atom is -0.379 e. The van der Waals surface area contributed by atoms with Crippen LogP contribution < -0.4 is 5.69 Å². The zero-order chi connectivity index (χ0) is 18.8. The Morgan fingerprint density at radius 1 is 1.46 bits per heavy atom. The van der Waals surface area contributed by atoms with Crippen LogP contribution in [0.1, 0.15) is 39.9 Å². The molecule has 140 valence electrons. The van der Waals surface area contributed by atoms with E-state index in [9.17, 15) is 4.79 Å². The molecule has 1 aliphatic carbocycles. The maximum absolute atomic E-state index is 13.3. The molecule has 0 unspecified atom stereocenters. The first-order valence-corrected chi connectivity index (χ1v) is 9.95. The second kappa shape index (κ2) is 7.66. The molecule has 0 bridgehead atoms. The summed E-state index contributed by atoms with van der Waals surface area (Å²) in [5.74, 6) is 0. The number of hydrogen-bond acceptors (Lipinski definition) is 4. The normalized spacial score (nSPS) is 24.5. The SMILES string of the molecule is [2H]CO[C@H]1CC[C@@H](Cn2c(=O)n(C3=CCCCC3)c3ncc(Br)cc32)OC1. The summed E-state index contributed by atoms with van der Waals surface area (Å²) in [5.41, 5.74) is 2.55. The topological polar surface area (TPSA) is 58.3 Å². The summed E-state index contributed by atoms with van der Waals surface area (Å²) in [6, 6.07) is 1.96. The number of pyridine rings is 1. The first-order valence-electron chi connectivity index (χ1n) is 9.86. The number of fused-ring (bicyclic) bond motifs is 1. The number of rotatable bonds is 4. The van der Waals surface area contributed by atoms with Gasteiger partial charge in [-0.05, 0) is 60.5 Å². The summed E-state index contributed by atoms with van der Waals surface area (Å²) >= 11 is 3.48. The van der Waals surface area contributed by atoms with Gasteiger partial charge in [0.15, 0.2) is 5.65 Å². The van der Waals surface area contributed by atoms with Gasteiger partial charge in [-0.1, -0.05) is 6.08 Å². The van der Waals surface area contributed by atoms with E-state index >= 15 is 0 Å². The summed E-state index contributed by atoms with van der Waals surface area (Å²) in [4.78, 5) is 17.8. The fourth-order valence-electron chi connectivity index (χ4n) is 3.83. The van der Waals surface area contributed by atoms with E-state index in [2.05, 4.69) is 27.0 Å². The Bertz CT molecular complexity index is 899. The van der Waals surface area contributed by atoms with Gasteiger partial charge in [0.25, 0.3) is 0 Å². The summed E-state index contributed by atoms with van der Waals surface area (Å²) in [5, 5.41) is 0.